The topological polar surface area (TPSA) is 15.3 Å². The standard InChI is InChI=1S/C16H24F2N2.ClH/c1-2-3-4-5-16(20-10-8-19-9-11-20)13-6-7-14(17)15(18)12-13;/h6-7,12,16,19H,2-5,8-11H2,1H3;1H/t16-;/m0./s1. The molecule has 2 rings (SSSR count). The van der Waals surface area contributed by atoms with E-state index < -0.39 is 11.6 Å². The first kappa shape index (κ1) is 18.3. The summed E-state index contributed by atoms with van der Waals surface area (Å²) in [7, 11) is 0. The van der Waals surface area contributed by atoms with Crippen LogP contribution in [0.4, 0.5) is 8.78 Å². The molecule has 1 aliphatic heterocycles. The minimum atomic E-state index is -0.763. The minimum Gasteiger partial charge on any atom is -0.314 e. The van der Waals surface area contributed by atoms with Crippen LogP contribution in [0, 0.1) is 11.6 Å². The predicted molar refractivity (Wildman–Crippen MR) is 84.9 cm³/mol. The molecular formula is C16H25ClF2N2. The summed E-state index contributed by atoms with van der Waals surface area (Å²) in [4.78, 5) is 2.39. The number of unbranched alkanes of at least 4 members (excludes halogenated alkanes) is 2. The molecule has 0 radical (unpaired) electrons. The average Bonchev–Trinajstić information content (AvgIpc) is 2.48. The Hall–Kier alpha value is -0.710. The van der Waals surface area contributed by atoms with Gasteiger partial charge in [-0.1, -0.05) is 32.3 Å². The minimum absolute atomic E-state index is 0. The second kappa shape index (κ2) is 9.34. The molecule has 1 N–H and O–H groups in total. The highest BCUT2D eigenvalue weighted by Gasteiger charge is 2.22. The molecule has 5 heteroatoms. The van der Waals surface area contributed by atoms with Crippen molar-refractivity contribution in [3.63, 3.8) is 0 Å². The molecule has 0 amide bonds. The van der Waals surface area contributed by atoms with Gasteiger partial charge in [-0.25, -0.2) is 8.78 Å². The van der Waals surface area contributed by atoms with Crippen molar-refractivity contribution in [2.75, 3.05) is 26.2 Å². The quantitative estimate of drug-likeness (QED) is 0.800. The molecule has 1 aromatic carbocycles. The lowest BCUT2D eigenvalue weighted by Crippen LogP contribution is -2.45. The second-order valence-electron chi connectivity index (χ2n) is 5.47. The fourth-order valence-corrected chi connectivity index (χ4v) is 2.86. The Morgan fingerprint density at radius 2 is 1.86 bits per heavy atom. The van der Waals surface area contributed by atoms with Crippen molar-refractivity contribution in [2.45, 2.75) is 38.6 Å². The van der Waals surface area contributed by atoms with Gasteiger partial charge in [-0.15, -0.1) is 12.4 Å². The number of halogens is 3. The Kier molecular flexibility index (Phi) is 8.15. The number of nitrogens with zero attached hydrogens (tertiary/aromatic N) is 1. The van der Waals surface area contributed by atoms with Crippen molar-refractivity contribution in [1.29, 1.82) is 0 Å². The van der Waals surface area contributed by atoms with Crippen LogP contribution in [0.5, 0.6) is 0 Å². The van der Waals surface area contributed by atoms with Gasteiger partial charge in [-0.3, -0.25) is 4.90 Å². The van der Waals surface area contributed by atoms with Crippen LogP contribution in [0.25, 0.3) is 0 Å². The van der Waals surface area contributed by atoms with Crippen LogP contribution in [0.3, 0.4) is 0 Å². The molecule has 1 atom stereocenters. The van der Waals surface area contributed by atoms with E-state index >= 15 is 0 Å². The smallest absolute Gasteiger partial charge is 0.159 e. The van der Waals surface area contributed by atoms with Crippen LogP contribution in [0.15, 0.2) is 18.2 Å². The second-order valence-corrected chi connectivity index (χ2v) is 5.47. The molecule has 21 heavy (non-hydrogen) atoms. The van der Waals surface area contributed by atoms with Gasteiger partial charge >= 0.3 is 0 Å². The SMILES string of the molecule is CCCCC[C@@H](c1ccc(F)c(F)c1)N1CCNCC1.Cl. The number of hydrogen-bond acceptors (Lipinski definition) is 2. The highest BCUT2D eigenvalue weighted by molar-refractivity contribution is 5.85. The largest absolute Gasteiger partial charge is 0.314 e. The van der Waals surface area contributed by atoms with Crippen LogP contribution >= 0.6 is 12.4 Å². The van der Waals surface area contributed by atoms with Crippen molar-refractivity contribution in [2.24, 2.45) is 0 Å². The maximum absolute atomic E-state index is 13.5. The summed E-state index contributed by atoms with van der Waals surface area (Å²) in [5, 5.41) is 3.33. The zero-order chi connectivity index (χ0) is 14.4. The maximum atomic E-state index is 13.5. The molecule has 1 saturated heterocycles. The summed E-state index contributed by atoms with van der Waals surface area (Å²) < 4.78 is 26.6. The molecule has 1 aromatic rings. The van der Waals surface area contributed by atoms with Crippen LogP contribution in [0.1, 0.15) is 44.2 Å². The molecule has 120 valence electrons. The van der Waals surface area contributed by atoms with Gasteiger partial charge in [0.2, 0.25) is 0 Å². The van der Waals surface area contributed by atoms with E-state index in [1.807, 2.05) is 0 Å². The monoisotopic (exact) mass is 318 g/mol. The molecule has 1 heterocycles. The fraction of sp³-hybridized carbons (Fsp3) is 0.625. The Morgan fingerprint density at radius 1 is 1.14 bits per heavy atom. The van der Waals surface area contributed by atoms with Gasteiger partial charge in [0.1, 0.15) is 0 Å². The molecule has 2 nitrogen and oxygen atoms in total. The van der Waals surface area contributed by atoms with Gasteiger partial charge in [-0.2, -0.15) is 0 Å². The van der Waals surface area contributed by atoms with E-state index in [1.54, 1.807) is 6.07 Å². The van der Waals surface area contributed by atoms with Gasteiger partial charge in [0, 0.05) is 32.2 Å². The number of benzene rings is 1. The Morgan fingerprint density at radius 3 is 2.48 bits per heavy atom. The van der Waals surface area contributed by atoms with Gasteiger partial charge in [0.25, 0.3) is 0 Å². The fourth-order valence-electron chi connectivity index (χ4n) is 2.86. The summed E-state index contributed by atoms with van der Waals surface area (Å²) in [6.07, 6.45) is 4.50. The zero-order valence-corrected chi connectivity index (χ0v) is 13.4. The van der Waals surface area contributed by atoms with Gasteiger partial charge < -0.3 is 5.32 Å². The van der Waals surface area contributed by atoms with Crippen LogP contribution in [-0.4, -0.2) is 31.1 Å². The highest BCUT2D eigenvalue weighted by atomic mass is 35.5. The van der Waals surface area contributed by atoms with Crippen LogP contribution in [0.2, 0.25) is 0 Å². The highest BCUT2D eigenvalue weighted by Crippen LogP contribution is 2.28. The number of rotatable bonds is 6. The molecule has 1 aliphatic rings. The summed E-state index contributed by atoms with van der Waals surface area (Å²) in [5.41, 5.74) is 0.905. The Bertz CT molecular complexity index is 423. The third-order valence-electron chi connectivity index (χ3n) is 4.00. The predicted octanol–water partition coefficient (Wildman–Crippen LogP) is 3.91. The van der Waals surface area contributed by atoms with Crippen molar-refractivity contribution >= 4 is 12.4 Å². The van der Waals surface area contributed by atoms with Gasteiger partial charge in [-0.05, 0) is 24.1 Å². The summed E-state index contributed by atoms with van der Waals surface area (Å²) in [5.74, 6) is -1.50. The van der Waals surface area contributed by atoms with E-state index in [4.69, 9.17) is 0 Å². The van der Waals surface area contributed by atoms with E-state index in [9.17, 15) is 8.78 Å². The van der Waals surface area contributed by atoms with Crippen molar-refractivity contribution in [3.05, 3.63) is 35.4 Å². The van der Waals surface area contributed by atoms with Gasteiger partial charge in [0.05, 0.1) is 0 Å². The summed E-state index contributed by atoms with van der Waals surface area (Å²) in [6, 6.07) is 4.56. The summed E-state index contributed by atoms with van der Waals surface area (Å²) in [6.45, 7) is 6.05. The summed E-state index contributed by atoms with van der Waals surface area (Å²) >= 11 is 0. The lowest BCUT2D eigenvalue weighted by atomic mass is 9.98. The molecular weight excluding hydrogens is 294 g/mol. The number of piperazine rings is 1. The molecule has 0 aromatic heterocycles. The van der Waals surface area contributed by atoms with Crippen molar-refractivity contribution in [1.82, 2.24) is 10.2 Å². The first-order chi connectivity index (χ1) is 9.72. The first-order valence-electron chi connectivity index (χ1n) is 7.62. The van der Waals surface area contributed by atoms with Crippen LogP contribution in [-0.2, 0) is 0 Å². The van der Waals surface area contributed by atoms with Gasteiger partial charge in [0.15, 0.2) is 11.6 Å². The third-order valence-corrected chi connectivity index (χ3v) is 4.00. The normalized spacial score (nSPS) is 17.3. The van der Waals surface area contributed by atoms with E-state index in [0.717, 1.165) is 44.6 Å². The first-order valence-corrected chi connectivity index (χ1v) is 7.62. The van der Waals surface area contributed by atoms with E-state index in [2.05, 4.69) is 17.1 Å². The number of hydrogen-bond donors (Lipinski definition) is 1. The van der Waals surface area contributed by atoms with Crippen molar-refractivity contribution < 1.29 is 8.78 Å². The average molecular weight is 319 g/mol. The van der Waals surface area contributed by atoms with E-state index in [1.165, 1.54) is 25.0 Å². The van der Waals surface area contributed by atoms with Crippen molar-refractivity contribution in [3.8, 4) is 0 Å². The zero-order valence-electron chi connectivity index (χ0n) is 12.6. The molecule has 1 fully saturated rings. The van der Waals surface area contributed by atoms with E-state index in [0.29, 0.717) is 0 Å². The molecule has 0 spiro atoms. The molecule has 0 aliphatic carbocycles. The lowest BCUT2D eigenvalue weighted by Gasteiger charge is -2.35. The Balaban J connectivity index is 0.00000220. The Labute approximate surface area is 132 Å². The lowest BCUT2D eigenvalue weighted by molar-refractivity contribution is 0.162. The third kappa shape index (κ3) is 5.20. The molecule has 0 saturated carbocycles. The van der Waals surface area contributed by atoms with Crippen LogP contribution < -0.4 is 5.32 Å². The number of nitrogens with one attached hydrogen (secondary N) is 1. The maximum Gasteiger partial charge on any atom is 0.159 e. The molecule has 0 unspecified atom stereocenters. The molecule has 0 bridgehead atoms. The van der Waals surface area contributed by atoms with E-state index in [-0.39, 0.29) is 18.4 Å².